The molecular weight excluding hydrogens is 327 g/mol. The molecule has 3 rings (SSSR count). The number of carbonyl (C=O) groups excluding carboxylic acids is 1. The Hall–Kier alpha value is -2.84. The van der Waals surface area contributed by atoms with Crippen LogP contribution in [0.2, 0.25) is 0 Å². The average Bonchev–Trinajstić information content (AvgIpc) is 3.11. The number of hydrogen-bond donors (Lipinski definition) is 3. The van der Waals surface area contributed by atoms with Crippen molar-refractivity contribution in [3.8, 4) is 0 Å². The van der Waals surface area contributed by atoms with Gasteiger partial charge >= 0.3 is 12.1 Å². The molecule has 1 aliphatic carbocycles. The van der Waals surface area contributed by atoms with Crippen LogP contribution in [0.1, 0.15) is 27.3 Å². The van der Waals surface area contributed by atoms with Crippen molar-refractivity contribution in [3.63, 3.8) is 0 Å². The van der Waals surface area contributed by atoms with Crippen LogP contribution in [0, 0.1) is 0 Å². The highest BCUT2D eigenvalue weighted by Crippen LogP contribution is 2.31. The van der Waals surface area contributed by atoms with Crippen LogP contribution in [-0.2, 0) is 23.8 Å². The Morgan fingerprint density at radius 1 is 1.21 bits per heavy atom. The third-order valence-electron chi connectivity index (χ3n) is 3.98. The predicted molar refractivity (Wildman–Crippen MR) is 75.3 cm³/mol. The highest BCUT2D eigenvalue weighted by molar-refractivity contribution is 5.97. The smallest absolute Gasteiger partial charge is 0.432 e. The van der Waals surface area contributed by atoms with E-state index in [-0.39, 0.29) is 12.8 Å². The van der Waals surface area contributed by atoms with E-state index in [4.69, 9.17) is 0 Å². The summed E-state index contributed by atoms with van der Waals surface area (Å²) in [5, 5.41) is 16.9. The van der Waals surface area contributed by atoms with Gasteiger partial charge in [-0.2, -0.15) is 18.3 Å². The summed E-state index contributed by atoms with van der Waals surface area (Å²) in [6.07, 6.45) is -4.55. The van der Waals surface area contributed by atoms with E-state index in [9.17, 15) is 27.9 Å². The van der Waals surface area contributed by atoms with Gasteiger partial charge < -0.3 is 10.4 Å². The number of carbonyl (C=O) groups is 2. The normalized spacial score (nSPS) is 15.8. The molecule has 1 aromatic heterocycles. The summed E-state index contributed by atoms with van der Waals surface area (Å²) in [5.74, 6) is -2.23. The summed E-state index contributed by atoms with van der Waals surface area (Å²) in [4.78, 5) is 23.9. The van der Waals surface area contributed by atoms with Crippen LogP contribution >= 0.6 is 0 Å². The molecule has 0 fully saturated rings. The molecule has 1 aromatic carbocycles. The zero-order chi connectivity index (χ0) is 17.5. The molecule has 3 N–H and O–H groups in total. The zero-order valence-corrected chi connectivity index (χ0v) is 12.1. The van der Waals surface area contributed by atoms with Gasteiger partial charge in [-0.25, -0.2) is 4.79 Å². The molecule has 0 aliphatic heterocycles. The lowest BCUT2D eigenvalue weighted by atomic mass is 9.95. The quantitative estimate of drug-likeness (QED) is 0.794. The van der Waals surface area contributed by atoms with Crippen molar-refractivity contribution in [1.29, 1.82) is 0 Å². The van der Waals surface area contributed by atoms with Gasteiger partial charge in [0.25, 0.3) is 5.91 Å². The number of amides is 1. The number of aromatic amines is 1. The molecule has 126 valence electrons. The van der Waals surface area contributed by atoms with E-state index in [0.717, 1.165) is 11.1 Å². The molecule has 1 aliphatic rings. The second-order valence-electron chi connectivity index (χ2n) is 5.63. The van der Waals surface area contributed by atoms with Gasteiger partial charge in [0.1, 0.15) is 11.2 Å². The Kier molecular flexibility index (Phi) is 3.58. The lowest BCUT2D eigenvalue weighted by molar-refractivity contribution is -0.144. The van der Waals surface area contributed by atoms with Crippen molar-refractivity contribution in [2.75, 3.05) is 0 Å². The van der Waals surface area contributed by atoms with E-state index < -0.39 is 35.0 Å². The van der Waals surface area contributed by atoms with Crippen molar-refractivity contribution in [2.45, 2.75) is 24.6 Å². The average molecular weight is 339 g/mol. The number of carboxylic acids is 1. The van der Waals surface area contributed by atoms with E-state index in [1.54, 1.807) is 29.4 Å². The number of halogens is 3. The number of nitrogens with one attached hydrogen (secondary N) is 2. The van der Waals surface area contributed by atoms with Gasteiger partial charge in [-0.3, -0.25) is 9.89 Å². The second-order valence-corrected chi connectivity index (χ2v) is 5.63. The topological polar surface area (TPSA) is 95.1 Å². The summed E-state index contributed by atoms with van der Waals surface area (Å²) < 4.78 is 37.7. The van der Waals surface area contributed by atoms with Crippen molar-refractivity contribution >= 4 is 11.9 Å². The minimum atomic E-state index is -4.67. The van der Waals surface area contributed by atoms with Crippen LogP contribution in [0.15, 0.2) is 30.3 Å². The van der Waals surface area contributed by atoms with E-state index in [1.807, 2.05) is 0 Å². The maximum Gasteiger partial charge on any atom is 0.432 e. The Balaban J connectivity index is 1.84. The van der Waals surface area contributed by atoms with E-state index in [0.29, 0.717) is 6.07 Å². The number of H-pyrrole nitrogens is 1. The molecule has 1 heterocycles. The first-order valence-electron chi connectivity index (χ1n) is 6.96. The number of hydrogen-bond acceptors (Lipinski definition) is 3. The number of benzene rings is 1. The van der Waals surface area contributed by atoms with Gasteiger partial charge in [0.2, 0.25) is 0 Å². The van der Waals surface area contributed by atoms with Gasteiger partial charge in [-0.15, -0.1) is 0 Å². The third kappa shape index (κ3) is 2.72. The Morgan fingerprint density at radius 3 is 2.25 bits per heavy atom. The van der Waals surface area contributed by atoms with Crippen molar-refractivity contribution < 1.29 is 27.9 Å². The lowest BCUT2D eigenvalue weighted by Crippen LogP contribution is -2.55. The van der Waals surface area contributed by atoms with E-state index in [2.05, 4.69) is 10.4 Å². The first-order chi connectivity index (χ1) is 11.2. The molecule has 6 nitrogen and oxygen atoms in total. The molecule has 24 heavy (non-hydrogen) atoms. The largest absolute Gasteiger partial charge is 0.479 e. The predicted octanol–water partition coefficient (Wildman–Crippen LogP) is 1.78. The van der Waals surface area contributed by atoms with Gasteiger partial charge in [0, 0.05) is 18.9 Å². The monoisotopic (exact) mass is 339 g/mol. The summed E-state index contributed by atoms with van der Waals surface area (Å²) in [5.41, 5.74) is -1.74. The van der Waals surface area contributed by atoms with Crippen LogP contribution in [-0.4, -0.2) is 32.7 Å². The highest BCUT2D eigenvalue weighted by Gasteiger charge is 2.46. The van der Waals surface area contributed by atoms with Crippen molar-refractivity contribution in [1.82, 2.24) is 15.5 Å². The molecule has 2 aromatic rings. The van der Waals surface area contributed by atoms with Crippen LogP contribution < -0.4 is 5.32 Å². The zero-order valence-electron chi connectivity index (χ0n) is 12.1. The summed E-state index contributed by atoms with van der Waals surface area (Å²) in [6, 6.07) is 7.56. The molecule has 0 saturated heterocycles. The Morgan fingerprint density at radius 2 is 1.79 bits per heavy atom. The minimum absolute atomic E-state index is 0.0563. The van der Waals surface area contributed by atoms with E-state index in [1.165, 1.54) is 0 Å². The van der Waals surface area contributed by atoms with E-state index >= 15 is 0 Å². The first-order valence-corrected chi connectivity index (χ1v) is 6.96. The third-order valence-corrected chi connectivity index (χ3v) is 3.98. The summed E-state index contributed by atoms with van der Waals surface area (Å²) in [7, 11) is 0. The van der Waals surface area contributed by atoms with Gasteiger partial charge in [-0.1, -0.05) is 24.3 Å². The fraction of sp³-hybridized carbons (Fsp3) is 0.267. The molecule has 0 atom stereocenters. The van der Waals surface area contributed by atoms with Gasteiger partial charge in [0.15, 0.2) is 5.69 Å². The van der Waals surface area contributed by atoms with Crippen LogP contribution in [0.25, 0.3) is 0 Å². The number of rotatable bonds is 3. The van der Waals surface area contributed by atoms with Crippen molar-refractivity contribution in [3.05, 3.63) is 52.8 Å². The highest BCUT2D eigenvalue weighted by atomic mass is 19.4. The molecule has 0 spiro atoms. The number of alkyl halides is 3. The molecule has 1 amide bonds. The number of nitrogens with zero attached hydrogens (tertiary/aromatic N) is 1. The molecule has 0 unspecified atom stereocenters. The van der Waals surface area contributed by atoms with Crippen LogP contribution in [0.5, 0.6) is 0 Å². The number of carboxylic acid groups (broad SMARTS) is 1. The molecule has 0 radical (unpaired) electrons. The summed E-state index contributed by atoms with van der Waals surface area (Å²) >= 11 is 0. The van der Waals surface area contributed by atoms with Gasteiger partial charge in [-0.05, 0) is 11.1 Å². The Bertz CT molecular complexity index is 789. The Labute approximate surface area is 133 Å². The lowest BCUT2D eigenvalue weighted by Gasteiger charge is -2.24. The second kappa shape index (κ2) is 5.36. The maximum atomic E-state index is 12.6. The van der Waals surface area contributed by atoms with Crippen molar-refractivity contribution in [2.24, 2.45) is 0 Å². The first kappa shape index (κ1) is 16.0. The molecule has 9 heteroatoms. The number of aliphatic carboxylic acids is 1. The van der Waals surface area contributed by atoms with Crippen LogP contribution in [0.3, 0.4) is 0 Å². The minimum Gasteiger partial charge on any atom is -0.479 e. The van der Waals surface area contributed by atoms with Crippen LogP contribution in [0.4, 0.5) is 13.2 Å². The SMILES string of the molecule is O=C(NC1(C(=O)O)Cc2ccccc2C1)c1cc(C(F)(F)F)[nH]n1. The summed E-state index contributed by atoms with van der Waals surface area (Å²) in [6.45, 7) is 0. The fourth-order valence-corrected chi connectivity index (χ4v) is 2.77. The molecule has 0 bridgehead atoms. The molecular formula is C15H12F3N3O3. The van der Waals surface area contributed by atoms with Gasteiger partial charge in [0.05, 0.1) is 0 Å². The molecule has 0 saturated carbocycles. The number of fused-ring (bicyclic) bond motifs is 1. The fourth-order valence-electron chi connectivity index (χ4n) is 2.77. The number of aromatic nitrogens is 2. The standard InChI is InChI=1S/C15H12F3N3O3/c16-15(17,18)11-5-10(20-21-11)12(22)19-14(13(23)24)6-8-3-1-2-4-9(8)7-14/h1-5H,6-7H2,(H,19,22)(H,20,21)(H,23,24). The maximum absolute atomic E-state index is 12.6.